The number of benzene rings is 3. The predicted molar refractivity (Wildman–Crippen MR) is 126 cm³/mol. The van der Waals surface area contributed by atoms with E-state index in [0.717, 1.165) is 38.0 Å². The predicted octanol–water partition coefficient (Wildman–Crippen LogP) is 7.17. The lowest BCUT2D eigenvalue weighted by Crippen LogP contribution is -2.11. The molecule has 0 fully saturated rings. The molecular formula is C25H22BrClN2O. The van der Waals surface area contributed by atoms with E-state index >= 15 is 0 Å². The van der Waals surface area contributed by atoms with Crippen LogP contribution in [0.15, 0.2) is 76.9 Å². The highest BCUT2D eigenvalue weighted by atomic mass is 79.9. The Morgan fingerprint density at radius 3 is 2.63 bits per heavy atom. The standard InChI is InChI=1S/C25H22BrClN2O/c1-17-13-24(23(27)14-21(17)15-29-18(2)11-12-28)30-16-20-9-6-10-22(25(20)26)19-7-4-3-5-8-19/h3-11,13-14,29H,15-16H2,1-2H3/b18-11+. The van der Waals surface area contributed by atoms with Crippen molar-refractivity contribution in [1.82, 2.24) is 5.32 Å². The zero-order chi connectivity index (χ0) is 21.5. The van der Waals surface area contributed by atoms with Crippen molar-refractivity contribution in [2.75, 3.05) is 0 Å². The Kier molecular flexibility index (Phi) is 7.57. The summed E-state index contributed by atoms with van der Waals surface area (Å²) in [4.78, 5) is 0. The topological polar surface area (TPSA) is 45.0 Å². The maximum Gasteiger partial charge on any atom is 0.138 e. The van der Waals surface area contributed by atoms with Crippen molar-refractivity contribution < 1.29 is 4.74 Å². The molecule has 0 atom stereocenters. The number of halogens is 2. The molecule has 30 heavy (non-hydrogen) atoms. The average molecular weight is 482 g/mol. The fraction of sp³-hybridized carbons (Fsp3) is 0.160. The molecule has 0 spiro atoms. The molecule has 0 saturated carbocycles. The summed E-state index contributed by atoms with van der Waals surface area (Å²) in [6.07, 6.45) is 1.48. The minimum Gasteiger partial charge on any atom is -0.487 e. The Morgan fingerprint density at radius 1 is 1.13 bits per heavy atom. The summed E-state index contributed by atoms with van der Waals surface area (Å²) in [5.74, 6) is 0.652. The molecule has 1 N–H and O–H groups in total. The molecule has 0 aliphatic heterocycles. The number of nitriles is 1. The zero-order valence-electron chi connectivity index (χ0n) is 16.9. The number of nitrogens with one attached hydrogen (secondary N) is 1. The van der Waals surface area contributed by atoms with Crippen molar-refractivity contribution in [1.29, 1.82) is 5.26 Å². The monoisotopic (exact) mass is 480 g/mol. The van der Waals surface area contributed by atoms with Gasteiger partial charge in [0.15, 0.2) is 0 Å². The van der Waals surface area contributed by atoms with Gasteiger partial charge in [-0.1, -0.05) is 60.1 Å². The number of ether oxygens (including phenoxy) is 1. The van der Waals surface area contributed by atoms with Gasteiger partial charge in [0.1, 0.15) is 12.4 Å². The van der Waals surface area contributed by atoms with E-state index in [-0.39, 0.29) is 0 Å². The third-order valence-corrected chi connectivity index (χ3v) is 6.01. The summed E-state index contributed by atoms with van der Waals surface area (Å²) in [6.45, 7) is 4.89. The molecule has 0 saturated heterocycles. The van der Waals surface area contributed by atoms with Crippen molar-refractivity contribution in [3.63, 3.8) is 0 Å². The third-order valence-electron chi connectivity index (χ3n) is 4.78. The van der Waals surface area contributed by atoms with Gasteiger partial charge in [0.25, 0.3) is 0 Å². The molecule has 0 aliphatic rings. The molecule has 0 radical (unpaired) electrons. The Balaban J connectivity index is 1.74. The highest BCUT2D eigenvalue weighted by Crippen LogP contribution is 2.33. The normalized spacial score (nSPS) is 11.1. The number of rotatable bonds is 7. The molecule has 0 aliphatic carbocycles. The Hall–Kier alpha value is -2.74. The number of aryl methyl sites for hydroxylation is 1. The molecule has 3 aromatic carbocycles. The summed E-state index contributed by atoms with van der Waals surface area (Å²) >= 11 is 10.2. The first-order valence-electron chi connectivity index (χ1n) is 9.54. The van der Waals surface area contributed by atoms with Crippen LogP contribution in [0.25, 0.3) is 11.1 Å². The van der Waals surface area contributed by atoms with E-state index in [4.69, 9.17) is 21.6 Å². The minimum absolute atomic E-state index is 0.405. The molecule has 0 heterocycles. The molecule has 3 nitrogen and oxygen atoms in total. The van der Waals surface area contributed by atoms with Crippen LogP contribution < -0.4 is 10.1 Å². The van der Waals surface area contributed by atoms with Crippen LogP contribution in [0.1, 0.15) is 23.6 Å². The van der Waals surface area contributed by atoms with E-state index in [1.54, 1.807) is 0 Å². The van der Waals surface area contributed by atoms with E-state index in [0.29, 0.717) is 23.9 Å². The van der Waals surface area contributed by atoms with Gasteiger partial charge < -0.3 is 10.1 Å². The van der Waals surface area contributed by atoms with Gasteiger partial charge in [-0.2, -0.15) is 5.26 Å². The Morgan fingerprint density at radius 2 is 1.90 bits per heavy atom. The van der Waals surface area contributed by atoms with Gasteiger partial charge in [0.2, 0.25) is 0 Å². The molecule has 0 bridgehead atoms. The number of hydrogen-bond donors (Lipinski definition) is 1. The average Bonchev–Trinajstić information content (AvgIpc) is 2.74. The maximum atomic E-state index is 8.72. The van der Waals surface area contributed by atoms with Gasteiger partial charge in [-0.25, -0.2) is 0 Å². The van der Waals surface area contributed by atoms with E-state index in [2.05, 4.69) is 39.4 Å². The van der Waals surface area contributed by atoms with Crippen molar-refractivity contribution in [2.24, 2.45) is 0 Å². The second kappa shape index (κ2) is 10.3. The van der Waals surface area contributed by atoms with Crippen LogP contribution in [0.2, 0.25) is 5.02 Å². The zero-order valence-corrected chi connectivity index (χ0v) is 19.2. The van der Waals surface area contributed by atoms with E-state index < -0.39 is 0 Å². The van der Waals surface area contributed by atoms with Gasteiger partial charge in [-0.15, -0.1) is 0 Å². The van der Waals surface area contributed by atoms with Crippen LogP contribution in [-0.2, 0) is 13.2 Å². The molecule has 3 aromatic rings. The summed E-state index contributed by atoms with van der Waals surface area (Å²) < 4.78 is 7.08. The van der Waals surface area contributed by atoms with Gasteiger partial charge in [0, 0.05) is 28.4 Å². The van der Waals surface area contributed by atoms with Gasteiger partial charge in [-0.05, 0) is 64.2 Å². The highest BCUT2D eigenvalue weighted by molar-refractivity contribution is 9.10. The summed E-state index contributed by atoms with van der Waals surface area (Å²) in [7, 11) is 0. The van der Waals surface area contributed by atoms with Gasteiger partial charge >= 0.3 is 0 Å². The SMILES string of the molecule is C/C(=C\C#N)NCc1cc(Cl)c(OCc2cccc(-c3ccccc3)c2Br)cc1C. The van der Waals surface area contributed by atoms with Crippen LogP contribution >= 0.6 is 27.5 Å². The molecule has 0 aromatic heterocycles. The fourth-order valence-corrected chi connectivity index (χ4v) is 3.92. The van der Waals surface area contributed by atoms with E-state index in [1.807, 2.05) is 62.4 Å². The first-order valence-corrected chi connectivity index (χ1v) is 10.7. The maximum absolute atomic E-state index is 8.72. The van der Waals surface area contributed by atoms with E-state index in [1.165, 1.54) is 6.08 Å². The van der Waals surface area contributed by atoms with Crippen molar-refractivity contribution in [3.8, 4) is 22.9 Å². The summed E-state index contributed by atoms with van der Waals surface area (Å²) in [5, 5.41) is 12.5. The molecule has 152 valence electrons. The fourth-order valence-electron chi connectivity index (χ4n) is 3.07. The lowest BCUT2D eigenvalue weighted by atomic mass is 10.0. The van der Waals surface area contributed by atoms with Crippen LogP contribution in [0, 0.1) is 18.3 Å². The van der Waals surface area contributed by atoms with Crippen molar-refractivity contribution >= 4 is 27.5 Å². The van der Waals surface area contributed by atoms with Crippen molar-refractivity contribution in [3.05, 3.63) is 98.6 Å². The smallest absolute Gasteiger partial charge is 0.138 e. The Labute approximate surface area is 191 Å². The first-order chi connectivity index (χ1) is 14.5. The summed E-state index contributed by atoms with van der Waals surface area (Å²) in [6, 6.07) is 22.3. The first kappa shape index (κ1) is 22.0. The number of allylic oxidation sites excluding steroid dienone is 2. The molecule has 5 heteroatoms. The molecule has 3 rings (SSSR count). The van der Waals surface area contributed by atoms with Crippen LogP contribution in [0.4, 0.5) is 0 Å². The molecule has 0 unspecified atom stereocenters. The second-order valence-electron chi connectivity index (χ2n) is 6.95. The van der Waals surface area contributed by atoms with Gasteiger partial charge in [0.05, 0.1) is 11.1 Å². The van der Waals surface area contributed by atoms with E-state index in [9.17, 15) is 0 Å². The van der Waals surface area contributed by atoms with Crippen LogP contribution in [-0.4, -0.2) is 0 Å². The lowest BCUT2D eigenvalue weighted by molar-refractivity contribution is 0.305. The number of hydrogen-bond acceptors (Lipinski definition) is 3. The lowest BCUT2D eigenvalue weighted by Gasteiger charge is -2.15. The highest BCUT2D eigenvalue weighted by Gasteiger charge is 2.11. The quantitative estimate of drug-likeness (QED) is 0.364. The second-order valence-corrected chi connectivity index (χ2v) is 8.15. The largest absolute Gasteiger partial charge is 0.487 e. The van der Waals surface area contributed by atoms with Gasteiger partial charge in [-0.3, -0.25) is 0 Å². The minimum atomic E-state index is 0.405. The van der Waals surface area contributed by atoms with Crippen LogP contribution in [0.5, 0.6) is 5.75 Å². The van der Waals surface area contributed by atoms with Crippen LogP contribution in [0.3, 0.4) is 0 Å². The molecular weight excluding hydrogens is 460 g/mol. The Bertz CT molecular complexity index is 1100. The summed E-state index contributed by atoms with van der Waals surface area (Å²) in [5.41, 5.74) is 6.28. The van der Waals surface area contributed by atoms with Crippen molar-refractivity contribution in [2.45, 2.75) is 27.0 Å². The number of nitrogens with zero attached hydrogens (tertiary/aromatic N) is 1. The molecule has 0 amide bonds. The third kappa shape index (κ3) is 5.44.